The zero-order chi connectivity index (χ0) is 24.0. The molecule has 0 fully saturated rings. The second-order valence-corrected chi connectivity index (χ2v) is 8.20. The van der Waals surface area contributed by atoms with Crippen LogP contribution >= 0.6 is 0 Å². The van der Waals surface area contributed by atoms with Gasteiger partial charge in [0.15, 0.2) is 0 Å². The van der Waals surface area contributed by atoms with Gasteiger partial charge in [0.2, 0.25) is 5.91 Å². The summed E-state index contributed by atoms with van der Waals surface area (Å²) in [6, 6.07) is 13.4. The first-order chi connectivity index (χ1) is 15.8. The van der Waals surface area contributed by atoms with E-state index in [2.05, 4.69) is 10.6 Å². The fraction of sp³-hybridized carbons (Fsp3) is 0.375. The summed E-state index contributed by atoms with van der Waals surface area (Å²) < 4.78 is 5.50. The lowest BCUT2D eigenvalue weighted by molar-refractivity contribution is -0.143. The van der Waals surface area contributed by atoms with E-state index < -0.39 is 36.7 Å². The molecule has 9 heteroatoms. The highest BCUT2D eigenvalue weighted by Crippen LogP contribution is 2.44. The highest BCUT2D eigenvalue weighted by atomic mass is 16.5. The van der Waals surface area contributed by atoms with Crippen LogP contribution in [0.3, 0.4) is 0 Å². The van der Waals surface area contributed by atoms with Crippen molar-refractivity contribution in [1.29, 1.82) is 0 Å². The van der Waals surface area contributed by atoms with Crippen LogP contribution in [0.1, 0.15) is 23.5 Å². The molecule has 1 aliphatic rings. The van der Waals surface area contributed by atoms with E-state index in [0.717, 1.165) is 22.3 Å². The summed E-state index contributed by atoms with van der Waals surface area (Å²) in [5.41, 5.74) is 4.35. The molecule has 0 heterocycles. The number of nitrogens with zero attached hydrogens (tertiary/aromatic N) is 1. The van der Waals surface area contributed by atoms with Gasteiger partial charge in [-0.15, -0.1) is 0 Å². The molecule has 33 heavy (non-hydrogen) atoms. The van der Waals surface area contributed by atoms with Gasteiger partial charge in [0.1, 0.15) is 18.7 Å². The number of carbonyl (C=O) groups is 3. The van der Waals surface area contributed by atoms with Crippen molar-refractivity contribution in [3.05, 3.63) is 59.7 Å². The summed E-state index contributed by atoms with van der Waals surface area (Å²) in [6.07, 6.45) is -0.535. The molecule has 0 saturated carbocycles. The fourth-order valence-electron chi connectivity index (χ4n) is 3.90. The lowest BCUT2D eigenvalue weighted by atomic mass is 9.98. The number of hydrogen-bond donors (Lipinski definition) is 4. The van der Waals surface area contributed by atoms with Crippen LogP contribution in [0.25, 0.3) is 11.1 Å². The number of fused-ring (bicyclic) bond motifs is 3. The Bertz CT molecular complexity index is 964. The molecule has 0 spiro atoms. The van der Waals surface area contributed by atoms with E-state index in [9.17, 15) is 19.5 Å². The van der Waals surface area contributed by atoms with Gasteiger partial charge in [-0.1, -0.05) is 48.5 Å². The van der Waals surface area contributed by atoms with Gasteiger partial charge in [-0.25, -0.2) is 9.59 Å². The number of benzene rings is 2. The molecular weight excluding hydrogens is 426 g/mol. The molecule has 0 aliphatic heterocycles. The number of nitrogens with one attached hydrogen (secondary N) is 2. The van der Waals surface area contributed by atoms with Crippen molar-refractivity contribution >= 4 is 18.0 Å². The Labute approximate surface area is 192 Å². The minimum Gasteiger partial charge on any atom is -0.480 e. The predicted octanol–water partition coefficient (Wildman–Crippen LogP) is 1.41. The summed E-state index contributed by atoms with van der Waals surface area (Å²) in [7, 11) is 3.63. The number of amides is 2. The Balaban J connectivity index is 1.66. The van der Waals surface area contributed by atoms with Crippen LogP contribution in [0.2, 0.25) is 0 Å². The van der Waals surface area contributed by atoms with Crippen LogP contribution in [-0.2, 0) is 14.3 Å². The Kier molecular flexibility index (Phi) is 8.02. The van der Waals surface area contributed by atoms with Crippen molar-refractivity contribution < 1.29 is 29.3 Å². The SMILES string of the molecule is CN(C)CCC(NC(=O)OCC1c2ccccc2-c2ccccc21)C(=O)N[C@H](CO)C(=O)O. The predicted molar refractivity (Wildman–Crippen MR) is 122 cm³/mol. The maximum absolute atomic E-state index is 12.6. The Morgan fingerprint density at radius 1 is 0.970 bits per heavy atom. The topological polar surface area (TPSA) is 128 Å². The van der Waals surface area contributed by atoms with E-state index in [-0.39, 0.29) is 18.9 Å². The highest BCUT2D eigenvalue weighted by molar-refractivity contribution is 5.89. The molecule has 3 rings (SSSR count). The minimum absolute atomic E-state index is 0.0935. The van der Waals surface area contributed by atoms with Gasteiger partial charge in [0, 0.05) is 5.92 Å². The van der Waals surface area contributed by atoms with Crippen LogP contribution < -0.4 is 10.6 Å². The van der Waals surface area contributed by atoms with Crippen molar-refractivity contribution in [3.8, 4) is 11.1 Å². The Morgan fingerprint density at radius 3 is 2.06 bits per heavy atom. The molecular formula is C24H29N3O6. The standard InChI is InChI=1S/C24H29N3O6/c1-27(2)12-11-20(22(29)25-21(13-28)23(30)31)26-24(32)33-14-19-17-9-5-3-7-15(17)16-8-4-6-10-18(16)19/h3-10,19-21,28H,11-14H2,1-2H3,(H,25,29)(H,26,32)(H,30,31)/t20?,21-/m1/s1. The van der Waals surface area contributed by atoms with Crippen molar-refractivity contribution in [2.75, 3.05) is 33.9 Å². The molecule has 9 nitrogen and oxygen atoms in total. The molecule has 2 aromatic carbocycles. The van der Waals surface area contributed by atoms with Gasteiger partial charge in [0.25, 0.3) is 0 Å². The van der Waals surface area contributed by atoms with Gasteiger partial charge < -0.3 is 30.5 Å². The van der Waals surface area contributed by atoms with Gasteiger partial charge in [-0.05, 0) is 49.3 Å². The largest absolute Gasteiger partial charge is 0.480 e. The van der Waals surface area contributed by atoms with E-state index in [1.165, 1.54) is 0 Å². The van der Waals surface area contributed by atoms with E-state index in [4.69, 9.17) is 9.84 Å². The number of carboxylic acids is 1. The third-order valence-corrected chi connectivity index (χ3v) is 5.61. The first-order valence-corrected chi connectivity index (χ1v) is 10.7. The minimum atomic E-state index is -1.45. The smallest absolute Gasteiger partial charge is 0.407 e. The molecule has 0 bridgehead atoms. The zero-order valence-electron chi connectivity index (χ0n) is 18.7. The summed E-state index contributed by atoms with van der Waals surface area (Å²) in [6.45, 7) is -0.193. The number of hydrogen-bond acceptors (Lipinski definition) is 6. The normalized spacial score (nSPS) is 14.2. The van der Waals surface area contributed by atoms with Crippen LogP contribution in [-0.4, -0.2) is 79.0 Å². The average molecular weight is 456 g/mol. The Hall–Kier alpha value is -3.43. The third kappa shape index (κ3) is 5.88. The number of rotatable bonds is 10. The van der Waals surface area contributed by atoms with Gasteiger partial charge in [-0.2, -0.15) is 0 Å². The second-order valence-electron chi connectivity index (χ2n) is 8.20. The van der Waals surface area contributed by atoms with E-state index >= 15 is 0 Å². The molecule has 176 valence electrons. The molecule has 2 aromatic rings. The third-order valence-electron chi connectivity index (χ3n) is 5.61. The summed E-state index contributed by atoms with van der Waals surface area (Å²) >= 11 is 0. The molecule has 1 aliphatic carbocycles. The van der Waals surface area contributed by atoms with E-state index in [0.29, 0.717) is 6.54 Å². The van der Waals surface area contributed by atoms with Crippen molar-refractivity contribution in [1.82, 2.24) is 15.5 Å². The Morgan fingerprint density at radius 2 is 1.55 bits per heavy atom. The molecule has 2 amide bonds. The monoisotopic (exact) mass is 455 g/mol. The number of ether oxygens (including phenoxy) is 1. The number of aliphatic hydroxyl groups excluding tert-OH is 1. The molecule has 0 aromatic heterocycles. The lowest BCUT2D eigenvalue weighted by Crippen LogP contribution is -2.53. The zero-order valence-corrected chi connectivity index (χ0v) is 18.7. The van der Waals surface area contributed by atoms with Crippen LogP contribution in [0.4, 0.5) is 4.79 Å². The quantitative estimate of drug-likeness (QED) is 0.426. The van der Waals surface area contributed by atoms with Crippen LogP contribution in [0, 0.1) is 0 Å². The van der Waals surface area contributed by atoms with Gasteiger partial charge >= 0.3 is 12.1 Å². The molecule has 0 radical (unpaired) electrons. The molecule has 1 unspecified atom stereocenters. The second kappa shape index (κ2) is 10.9. The fourth-order valence-corrected chi connectivity index (χ4v) is 3.90. The van der Waals surface area contributed by atoms with E-state index in [1.807, 2.05) is 67.5 Å². The van der Waals surface area contributed by atoms with Gasteiger partial charge in [0.05, 0.1) is 6.61 Å². The molecule has 2 atom stereocenters. The molecule has 4 N–H and O–H groups in total. The first-order valence-electron chi connectivity index (χ1n) is 10.7. The van der Waals surface area contributed by atoms with Crippen molar-refractivity contribution in [3.63, 3.8) is 0 Å². The van der Waals surface area contributed by atoms with Gasteiger partial charge in [-0.3, -0.25) is 4.79 Å². The number of aliphatic hydroxyl groups is 1. The summed E-state index contributed by atoms with van der Waals surface area (Å²) in [4.78, 5) is 38.1. The molecule has 0 saturated heterocycles. The van der Waals surface area contributed by atoms with Crippen molar-refractivity contribution in [2.45, 2.75) is 24.4 Å². The summed E-state index contributed by atoms with van der Waals surface area (Å²) in [5, 5.41) is 23.0. The number of aliphatic carboxylic acids is 1. The van der Waals surface area contributed by atoms with Crippen LogP contribution in [0.5, 0.6) is 0 Å². The summed E-state index contributed by atoms with van der Waals surface area (Å²) in [5.74, 6) is -2.19. The van der Waals surface area contributed by atoms with E-state index in [1.54, 1.807) is 0 Å². The maximum atomic E-state index is 12.6. The van der Waals surface area contributed by atoms with Crippen LogP contribution in [0.15, 0.2) is 48.5 Å². The number of alkyl carbamates (subject to hydrolysis) is 1. The first kappa shape index (κ1) is 24.2. The number of carbonyl (C=O) groups excluding carboxylic acids is 2. The average Bonchev–Trinajstić information content (AvgIpc) is 3.12. The number of carboxylic acid groups (broad SMARTS) is 1. The van der Waals surface area contributed by atoms with Crippen molar-refractivity contribution in [2.24, 2.45) is 0 Å². The highest BCUT2D eigenvalue weighted by Gasteiger charge is 2.30. The lowest BCUT2D eigenvalue weighted by Gasteiger charge is -2.22. The maximum Gasteiger partial charge on any atom is 0.407 e.